The third-order valence-electron chi connectivity index (χ3n) is 3.50. The molecule has 0 amide bonds. The Labute approximate surface area is 98.4 Å². The summed E-state index contributed by atoms with van der Waals surface area (Å²) in [6.45, 7) is 4.38. The molecule has 1 aromatic carbocycles. The molecule has 1 heterocycles. The first-order valence-corrected chi connectivity index (χ1v) is 6.31. The van der Waals surface area contributed by atoms with E-state index in [1.165, 1.54) is 31.4 Å². The van der Waals surface area contributed by atoms with Crippen molar-refractivity contribution < 1.29 is 0 Å². The summed E-state index contributed by atoms with van der Waals surface area (Å²) in [7, 11) is 0. The molecule has 0 saturated carbocycles. The second-order valence-corrected chi connectivity index (χ2v) is 4.88. The molecule has 2 nitrogen and oxygen atoms in total. The summed E-state index contributed by atoms with van der Waals surface area (Å²) >= 11 is 0. The van der Waals surface area contributed by atoms with E-state index in [2.05, 4.69) is 42.2 Å². The molecule has 2 atom stereocenters. The molecule has 1 aliphatic heterocycles. The van der Waals surface area contributed by atoms with E-state index in [0.29, 0.717) is 6.04 Å². The van der Waals surface area contributed by atoms with E-state index in [1.807, 2.05) is 0 Å². The summed E-state index contributed by atoms with van der Waals surface area (Å²) in [5.41, 5.74) is 7.47. The van der Waals surface area contributed by atoms with Crippen LogP contribution in [0.4, 0.5) is 0 Å². The van der Waals surface area contributed by atoms with Gasteiger partial charge in [0.05, 0.1) is 0 Å². The predicted octanol–water partition coefficient (Wildman–Crippen LogP) is 2.39. The summed E-state index contributed by atoms with van der Waals surface area (Å²) in [5, 5.41) is 0. The molecule has 0 aliphatic carbocycles. The van der Waals surface area contributed by atoms with Gasteiger partial charge in [-0.05, 0) is 31.9 Å². The van der Waals surface area contributed by atoms with Crippen molar-refractivity contribution in [1.29, 1.82) is 0 Å². The summed E-state index contributed by atoms with van der Waals surface area (Å²) in [6, 6.07) is 11.5. The molecule has 0 spiro atoms. The molecular weight excluding hydrogens is 196 g/mol. The number of nitrogens with zero attached hydrogens (tertiary/aromatic N) is 1. The van der Waals surface area contributed by atoms with Gasteiger partial charge in [0, 0.05) is 18.6 Å². The van der Waals surface area contributed by atoms with Crippen LogP contribution in [-0.4, -0.2) is 23.5 Å². The lowest BCUT2D eigenvalue weighted by Crippen LogP contribution is -2.48. The molecule has 1 aliphatic rings. The number of likely N-dealkylation sites (tertiary alicyclic amines) is 1. The topological polar surface area (TPSA) is 29.3 Å². The quantitative estimate of drug-likeness (QED) is 0.844. The Morgan fingerprint density at radius 2 is 2.06 bits per heavy atom. The highest BCUT2D eigenvalue weighted by Gasteiger charge is 2.24. The highest BCUT2D eigenvalue weighted by molar-refractivity contribution is 5.14. The standard InChI is InChI=1S/C14H22N2/c1-12(15)14-9-5-6-10-16(14)11-13-7-3-2-4-8-13/h2-4,7-8,12,14H,5-6,9-11,15H2,1H3. The first kappa shape index (κ1) is 11.6. The number of piperidine rings is 1. The maximum Gasteiger partial charge on any atom is 0.0248 e. The van der Waals surface area contributed by atoms with Gasteiger partial charge in [0.25, 0.3) is 0 Å². The summed E-state index contributed by atoms with van der Waals surface area (Å²) < 4.78 is 0. The molecule has 0 radical (unpaired) electrons. The third-order valence-corrected chi connectivity index (χ3v) is 3.50. The lowest BCUT2D eigenvalue weighted by molar-refractivity contribution is 0.123. The van der Waals surface area contributed by atoms with Crippen LogP contribution in [0.2, 0.25) is 0 Å². The van der Waals surface area contributed by atoms with E-state index in [-0.39, 0.29) is 6.04 Å². The van der Waals surface area contributed by atoms with E-state index in [9.17, 15) is 0 Å². The zero-order valence-corrected chi connectivity index (χ0v) is 10.1. The highest BCUT2D eigenvalue weighted by Crippen LogP contribution is 2.21. The van der Waals surface area contributed by atoms with Crippen LogP contribution in [0.15, 0.2) is 30.3 Å². The fourth-order valence-electron chi connectivity index (χ4n) is 2.63. The zero-order chi connectivity index (χ0) is 11.4. The molecule has 1 fully saturated rings. The van der Waals surface area contributed by atoms with Crippen molar-refractivity contribution in [2.45, 2.75) is 44.8 Å². The van der Waals surface area contributed by atoms with Crippen LogP contribution in [0.25, 0.3) is 0 Å². The van der Waals surface area contributed by atoms with Gasteiger partial charge in [0.1, 0.15) is 0 Å². The Morgan fingerprint density at radius 1 is 1.31 bits per heavy atom. The highest BCUT2D eigenvalue weighted by atomic mass is 15.2. The molecule has 88 valence electrons. The molecule has 1 saturated heterocycles. The lowest BCUT2D eigenvalue weighted by atomic mass is 9.96. The Bertz CT molecular complexity index is 308. The van der Waals surface area contributed by atoms with Crippen LogP contribution in [-0.2, 0) is 6.54 Å². The number of benzene rings is 1. The van der Waals surface area contributed by atoms with Crippen LogP contribution in [0, 0.1) is 0 Å². The van der Waals surface area contributed by atoms with Gasteiger partial charge in [-0.25, -0.2) is 0 Å². The Morgan fingerprint density at radius 3 is 2.75 bits per heavy atom. The first-order chi connectivity index (χ1) is 7.77. The van der Waals surface area contributed by atoms with Crippen LogP contribution < -0.4 is 5.73 Å². The maximum absolute atomic E-state index is 6.07. The fraction of sp³-hybridized carbons (Fsp3) is 0.571. The van der Waals surface area contributed by atoms with Gasteiger partial charge in [0.2, 0.25) is 0 Å². The van der Waals surface area contributed by atoms with Crippen molar-refractivity contribution >= 4 is 0 Å². The van der Waals surface area contributed by atoms with E-state index in [0.717, 1.165) is 6.54 Å². The third kappa shape index (κ3) is 2.83. The molecule has 2 rings (SSSR count). The average molecular weight is 218 g/mol. The number of hydrogen-bond donors (Lipinski definition) is 1. The van der Waals surface area contributed by atoms with Crippen LogP contribution in [0.5, 0.6) is 0 Å². The fourth-order valence-corrected chi connectivity index (χ4v) is 2.63. The number of hydrogen-bond acceptors (Lipinski definition) is 2. The van der Waals surface area contributed by atoms with Gasteiger partial charge < -0.3 is 5.73 Å². The van der Waals surface area contributed by atoms with Crippen LogP contribution >= 0.6 is 0 Å². The molecule has 0 aromatic heterocycles. The van der Waals surface area contributed by atoms with Gasteiger partial charge in [0.15, 0.2) is 0 Å². The van der Waals surface area contributed by atoms with Crippen LogP contribution in [0.1, 0.15) is 31.7 Å². The number of rotatable bonds is 3. The van der Waals surface area contributed by atoms with Gasteiger partial charge >= 0.3 is 0 Å². The minimum atomic E-state index is 0.281. The summed E-state index contributed by atoms with van der Waals surface area (Å²) in [6.07, 6.45) is 3.90. The second-order valence-electron chi connectivity index (χ2n) is 4.88. The molecular formula is C14H22N2. The Hall–Kier alpha value is -0.860. The average Bonchev–Trinajstić information content (AvgIpc) is 2.31. The number of nitrogens with two attached hydrogens (primary N) is 1. The lowest BCUT2D eigenvalue weighted by Gasteiger charge is -2.38. The Balaban J connectivity index is 2.01. The van der Waals surface area contributed by atoms with Crippen molar-refractivity contribution in [3.05, 3.63) is 35.9 Å². The first-order valence-electron chi connectivity index (χ1n) is 6.31. The van der Waals surface area contributed by atoms with Gasteiger partial charge in [-0.3, -0.25) is 4.90 Å². The van der Waals surface area contributed by atoms with Crippen molar-refractivity contribution in [3.63, 3.8) is 0 Å². The minimum Gasteiger partial charge on any atom is -0.327 e. The zero-order valence-electron chi connectivity index (χ0n) is 10.1. The normalized spacial score (nSPS) is 24.2. The predicted molar refractivity (Wildman–Crippen MR) is 68.1 cm³/mol. The largest absolute Gasteiger partial charge is 0.327 e. The SMILES string of the molecule is CC(N)C1CCCCN1Cc1ccccc1. The van der Waals surface area contributed by atoms with Crippen LogP contribution in [0.3, 0.4) is 0 Å². The molecule has 2 N–H and O–H groups in total. The van der Waals surface area contributed by atoms with Gasteiger partial charge in [-0.1, -0.05) is 36.8 Å². The molecule has 0 bridgehead atoms. The molecule has 2 unspecified atom stereocenters. The Kier molecular flexibility index (Phi) is 3.97. The van der Waals surface area contributed by atoms with E-state index >= 15 is 0 Å². The molecule has 16 heavy (non-hydrogen) atoms. The summed E-state index contributed by atoms with van der Waals surface area (Å²) in [4.78, 5) is 2.55. The van der Waals surface area contributed by atoms with E-state index in [1.54, 1.807) is 0 Å². The van der Waals surface area contributed by atoms with E-state index < -0.39 is 0 Å². The minimum absolute atomic E-state index is 0.281. The van der Waals surface area contributed by atoms with Crippen molar-refractivity contribution in [3.8, 4) is 0 Å². The van der Waals surface area contributed by atoms with Crippen molar-refractivity contribution in [1.82, 2.24) is 4.90 Å². The summed E-state index contributed by atoms with van der Waals surface area (Å²) in [5.74, 6) is 0. The molecule has 1 aromatic rings. The molecule has 2 heteroatoms. The monoisotopic (exact) mass is 218 g/mol. The second kappa shape index (κ2) is 5.46. The maximum atomic E-state index is 6.07. The van der Waals surface area contributed by atoms with Gasteiger partial charge in [-0.2, -0.15) is 0 Å². The smallest absolute Gasteiger partial charge is 0.0248 e. The van der Waals surface area contributed by atoms with E-state index in [4.69, 9.17) is 5.73 Å². The van der Waals surface area contributed by atoms with Crippen molar-refractivity contribution in [2.24, 2.45) is 5.73 Å². The van der Waals surface area contributed by atoms with Gasteiger partial charge in [-0.15, -0.1) is 0 Å². The van der Waals surface area contributed by atoms with Crippen molar-refractivity contribution in [2.75, 3.05) is 6.54 Å².